The Hall–Kier alpha value is -4.32. The van der Waals surface area contributed by atoms with E-state index in [-0.39, 0.29) is 27.8 Å². The summed E-state index contributed by atoms with van der Waals surface area (Å²) in [6.07, 6.45) is -4.87. The van der Waals surface area contributed by atoms with E-state index in [0.717, 1.165) is 23.9 Å². The monoisotopic (exact) mass is 528 g/mol. The minimum absolute atomic E-state index is 0.00536. The number of carbonyl (C=O) groups is 1. The lowest BCUT2D eigenvalue weighted by Crippen LogP contribution is -2.23. The van der Waals surface area contributed by atoms with Crippen molar-refractivity contribution in [2.45, 2.75) is 11.5 Å². The Balaban J connectivity index is 1.54. The Morgan fingerprint density at radius 1 is 1.03 bits per heavy atom. The second-order valence-electron chi connectivity index (χ2n) is 7.79. The van der Waals surface area contributed by atoms with Crippen LogP contribution in [0.25, 0.3) is 27.6 Å². The maximum atomic E-state index is 13.9. The van der Waals surface area contributed by atoms with E-state index in [0.29, 0.717) is 16.4 Å². The van der Waals surface area contributed by atoms with Crippen molar-refractivity contribution in [1.82, 2.24) is 14.5 Å². The van der Waals surface area contributed by atoms with Crippen molar-refractivity contribution in [2.75, 3.05) is 11.1 Å². The zero-order valence-corrected chi connectivity index (χ0v) is 19.5. The molecule has 3 aromatic carbocycles. The van der Waals surface area contributed by atoms with Gasteiger partial charge in [0.2, 0.25) is 5.91 Å². The van der Waals surface area contributed by atoms with Crippen LogP contribution in [0.15, 0.2) is 82.7 Å². The van der Waals surface area contributed by atoms with E-state index in [1.54, 1.807) is 30.3 Å². The van der Waals surface area contributed by atoms with E-state index >= 15 is 0 Å². The molecule has 5 aromatic rings. The van der Waals surface area contributed by atoms with Crippen LogP contribution in [0.2, 0.25) is 0 Å². The minimum Gasteiger partial charge on any atom is -0.406 e. The van der Waals surface area contributed by atoms with Gasteiger partial charge in [0.05, 0.1) is 17.1 Å². The van der Waals surface area contributed by atoms with Gasteiger partial charge in [0.15, 0.2) is 5.16 Å². The lowest BCUT2D eigenvalue weighted by Gasteiger charge is -2.14. The highest BCUT2D eigenvalue weighted by Crippen LogP contribution is 2.28. The van der Waals surface area contributed by atoms with Gasteiger partial charge in [0.25, 0.3) is 5.56 Å². The molecular weight excluding hydrogens is 512 g/mol. The Morgan fingerprint density at radius 3 is 2.46 bits per heavy atom. The molecule has 12 heteroatoms. The van der Waals surface area contributed by atoms with Crippen molar-refractivity contribution in [3.05, 3.63) is 89.0 Å². The van der Waals surface area contributed by atoms with Crippen molar-refractivity contribution in [3.63, 3.8) is 0 Å². The van der Waals surface area contributed by atoms with E-state index in [1.807, 2.05) is 0 Å². The zero-order chi connectivity index (χ0) is 26.2. The standard InChI is InChI=1S/C25H16F4N4O3S/c26-17-6-2-4-8-19(17)30-20(34)13-37-24-32-21-16-5-1-3-7-18(16)31-22(21)23(35)33(24)14-9-11-15(12-10-14)36-25(27,28)29/h1-12,31H,13H2,(H,30,34). The molecule has 0 aliphatic carbocycles. The van der Waals surface area contributed by atoms with Gasteiger partial charge in [-0.15, -0.1) is 13.2 Å². The number of benzene rings is 3. The molecule has 1 amide bonds. The van der Waals surface area contributed by atoms with Crippen molar-refractivity contribution in [1.29, 1.82) is 0 Å². The van der Waals surface area contributed by atoms with Crippen molar-refractivity contribution in [2.24, 2.45) is 0 Å². The fraction of sp³-hybridized carbons (Fsp3) is 0.0800. The molecule has 188 valence electrons. The Morgan fingerprint density at radius 2 is 1.73 bits per heavy atom. The van der Waals surface area contributed by atoms with Crippen LogP contribution in [0.3, 0.4) is 0 Å². The number of aromatic amines is 1. The number of rotatable bonds is 6. The summed E-state index contributed by atoms with van der Waals surface area (Å²) in [5, 5.41) is 3.28. The largest absolute Gasteiger partial charge is 0.573 e. The number of carbonyl (C=O) groups excluding carboxylic acids is 1. The number of ether oxygens (including phenoxy) is 1. The number of hydrogen-bond acceptors (Lipinski definition) is 5. The summed E-state index contributed by atoms with van der Waals surface area (Å²) >= 11 is 0.922. The number of fused-ring (bicyclic) bond motifs is 3. The van der Waals surface area contributed by atoms with Crippen molar-refractivity contribution >= 4 is 45.3 Å². The molecule has 5 rings (SSSR count). The van der Waals surface area contributed by atoms with Crippen LogP contribution < -0.4 is 15.6 Å². The summed E-state index contributed by atoms with van der Waals surface area (Å²) in [6, 6.07) is 17.5. The second kappa shape index (κ2) is 9.62. The highest BCUT2D eigenvalue weighted by molar-refractivity contribution is 7.99. The molecule has 2 aromatic heterocycles. The van der Waals surface area contributed by atoms with Crippen LogP contribution in [0.4, 0.5) is 23.2 Å². The number of halogens is 4. The average molecular weight is 528 g/mol. The molecule has 2 N–H and O–H groups in total. The molecule has 2 heterocycles. The van der Waals surface area contributed by atoms with Gasteiger partial charge in [-0.1, -0.05) is 42.1 Å². The molecule has 0 fully saturated rings. The molecule has 0 saturated heterocycles. The first-order chi connectivity index (χ1) is 17.7. The molecule has 0 saturated carbocycles. The third-order valence-corrected chi connectivity index (χ3v) is 6.24. The van der Waals surface area contributed by atoms with Gasteiger partial charge in [-0.3, -0.25) is 14.2 Å². The maximum Gasteiger partial charge on any atom is 0.573 e. The third kappa shape index (κ3) is 5.14. The highest BCUT2D eigenvalue weighted by atomic mass is 32.2. The molecule has 7 nitrogen and oxygen atoms in total. The highest BCUT2D eigenvalue weighted by Gasteiger charge is 2.31. The summed E-state index contributed by atoms with van der Waals surface area (Å²) in [7, 11) is 0. The van der Waals surface area contributed by atoms with Crippen LogP contribution >= 0.6 is 11.8 Å². The summed E-state index contributed by atoms with van der Waals surface area (Å²) in [5.74, 6) is -1.81. The Bertz CT molecular complexity index is 1680. The predicted octanol–water partition coefficient (Wildman–Crippen LogP) is 5.64. The fourth-order valence-electron chi connectivity index (χ4n) is 3.74. The lowest BCUT2D eigenvalue weighted by atomic mass is 10.2. The minimum atomic E-state index is -4.87. The molecule has 0 spiro atoms. The molecular formula is C25H16F4N4O3S. The van der Waals surface area contributed by atoms with Gasteiger partial charge in [-0.05, 0) is 42.5 Å². The first kappa shape index (κ1) is 24.4. The van der Waals surface area contributed by atoms with Gasteiger partial charge >= 0.3 is 6.36 Å². The average Bonchev–Trinajstić information content (AvgIpc) is 3.23. The SMILES string of the molecule is O=C(CSc1nc2c([nH]c3ccccc32)c(=O)n1-c1ccc(OC(F)(F)F)cc1)Nc1ccccc1F. The molecule has 0 unspecified atom stereocenters. The number of thioether (sulfide) groups is 1. The maximum absolute atomic E-state index is 13.9. The molecule has 0 atom stereocenters. The summed E-state index contributed by atoms with van der Waals surface area (Å²) in [5.41, 5.74) is 0.947. The van der Waals surface area contributed by atoms with E-state index < -0.39 is 29.4 Å². The number of nitrogens with zero attached hydrogens (tertiary/aromatic N) is 2. The van der Waals surface area contributed by atoms with Crippen LogP contribution in [0.1, 0.15) is 0 Å². The van der Waals surface area contributed by atoms with Gasteiger partial charge < -0.3 is 15.0 Å². The molecule has 0 aliphatic rings. The topological polar surface area (TPSA) is 89.0 Å². The molecule has 37 heavy (non-hydrogen) atoms. The number of nitrogens with one attached hydrogen (secondary N) is 2. The number of hydrogen-bond donors (Lipinski definition) is 2. The predicted molar refractivity (Wildman–Crippen MR) is 132 cm³/mol. The Kier molecular flexibility index (Phi) is 6.34. The van der Waals surface area contributed by atoms with Crippen LogP contribution in [0.5, 0.6) is 5.75 Å². The smallest absolute Gasteiger partial charge is 0.406 e. The van der Waals surface area contributed by atoms with Gasteiger partial charge in [0, 0.05) is 10.9 Å². The summed E-state index contributed by atoms with van der Waals surface area (Å²) < 4.78 is 56.7. The van der Waals surface area contributed by atoms with Gasteiger partial charge in [-0.2, -0.15) is 0 Å². The first-order valence-corrected chi connectivity index (χ1v) is 11.7. The molecule has 0 aliphatic heterocycles. The second-order valence-corrected chi connectivity index (χ2v) is 8.73. The number of alkyl halides is 3. The number of aromatic nitrogens is 3. The molecule has 0 bridgehead atoms. The zero-order valence-electron chi connectivity index (χ0n) is 18.7. The van der Waals surface area contributed by atoms with E-state index in [4.69, 9.17) is 0 Å². The number of para-hydroxylation sites is 2. The number of anilines is 1. The van der Waals surface area contributed by atoms with E-state index in [9.17, 15) is 27.2 Å². The van der Waals surface area contributed by atoms with E-state index in [1.165, 1.54) is 34.9 Å². The normalized spacial score (nSPS) is 11.7. The Labute approximate surface area is 210 Å². The quantitative estimate of drug-likeness (QED) is 0.169. The van der Waals surface area contributed by atoms with Crippen molar-refractivity contribution < 1.29 is 27.1 Å². The molecule has 0 radical (unpaired) electrons. The third-order valence-electron chi connectivity index (χ3n) is 5.30. The summed E-state index contributed by atoms with van der Waals surface area (Å²) in [6.45, 7) is 0. The van der Waals surface area contributed by atoms with Crippen LogP contribution in [0, 0.1) is 5.82 Å². The van der Waals surface area contributed by atoms with E-state index in [2.05, 4.69) is 20.0 Å². The fourth-order valence-corrected chi connectivity index (χ4v) is 4.55. The van der Waals surface area contributed by atoms with Gasteiger partial charge in [0.1, 0.15) is 22.6 Å². The van der Waals surface area contributed by atoms with Crippen molar-refractivity contribution in [3.8, 4) is 11.4 Å². The van der Waals surface area contributed by atoms with Gasteiger partial charge in [-0.25, -0.2) is 9.37 Å². The summed E-state index contributed by atoms with van der Waals surface area (Å²) in [4.78, 5) is 33.7. The van der Waals surface area contributed by atoms with Crippen LogP contribution in [-0.2, 0) is 4.79 Å². The first-order valence-electron chi connectivity index (χ1n) is 10.8. The lowest BCUT2D eigenvalue weighted by molar-refractivity contribution is -0.274. The number of H-pyrrole nitrogens is 1. The number of amides is 1. The van der Waals surface area contributed by atoms with Crippen LogP contribution in [-0.4, -0.2) is 32.6 Å².